The maximum absolute atomic E-state index is 12.0. The molecule has 0 unspecified atom stereocenters. The molecule has 1 atom stereocenters. The van der Waals surface area contributed by atoms with Gasteiger partial charge in [0.1, 0.15) is 5.75 Å². The predicted octanol–water partition coefficient (Wildman–Crippen LogP) is 3.04. The molecule has 0 fully saturated rings. The van der Waals surface area contributed by atoms with E-state index in [4.69, 9.17) is 9.47 Å². The second kappa shape index (κ2) is 8.15. The van der Waals surface area contributed by atoms with E-state index in [0.29, 0.717) is 5.56 Å². The minimum atomic E-state index is -0.500. The number of benzene rings is 2. The van der Waals surface area contributed by atoms with Crippen molar-refractivity contribution in [2.75, 3.05) is 13.7 Å². The number of aryl methyl sites for hydroxylation is 1. The molecule has 2 rings (SSSR count). The van der Waals surface area contributed by atoms with Crippen LogP contribution in [-0.4, -0.2) is 25.6 Å². The molecular formula is C19H21NO4. The Morgan fingerprint density at radius 2 is 1.75 bits per heavy atom. The van der Waals surface area contributed by atoms with E-state index in [9.17, 15) is 9.59 Å². The minimum absolute atomic E-state index is 0.194. The van der Waals surface area contributed by atoms with Crippen molar-refractivity contribution < 1.29 is 19.1 Å². The number of ether oxygens (including phenoxy) is 2. The monoisotopic (exact) mass is 327 g/mol. The molecule has 0 saturated carbocycles. The zero-order chi connectivity index (χ0) is 17.5. The number of methoxy groups -OCH3 is 1. The van der Waals surface area contributed by atoms with Crippen LogP contribution in [0.4, 0.5) is 0 Å². The Balaban J connectivity index is 1.86. The van der Waals surface area contributed by atoms with Crippen molar-refractivity contribution in [3.63, 3.8) is 0 Å². The van der Waals surface area contributed by atoms with Crippen molar-refractivity contribution in [1.29, 1.82) is 0 Å². The number of carbonyl (C=O) groups excluding carboxylic acids is 2. The summed E-state index contributed by atoms with van der Waals surface area (Å²) in [7, 11) is 1.60. The van der Waals surface area contributed by atoms with Gasteiger partial charge in [-0.1, -0.05) is 30.3 Å². The van der Waals surface area contributed by atoms with Gasteiger partial charge in [0.15, 0.2) is 6.61 Å². The quantitative estimate of drug-likeness (QED) is 0.828. The Hall–Kier alpha value is -2.82. The van der Waals surface area contributed by atoms with Gasteiger partial charge in [0.25, 0.3) is 5.91 Å². The van der Waals surface area contributed by atoms with Crippen molar-refractivity contribution in [3.8, 4) is 5.75 Å². The van der Waals surface area contributed by atoms with E-state index in [1.165, 1.54) is 0 Å². The lowest BCUT2D eigenvalue weighted by molar-refractivity contribution is -0.124. The lowest BCUT2D eigenvalue weighted by Gasteiger charge is -2.15. The van der Waals surface area contributed by atoms with Crippen LogP contribution in [0, 0.1) is 6.92 Å². The first-order valence-electron chi connectivity index (χ1n) is 7.67. The third-order valence-electron chi connectivity index (χ3n) is 3.69. The van der Waals surface area contributed by atoms with E-state index in [0.717, 1.165) is 16.9 Å². The average Bonchev–Trinajstić information content (AvgIpc) is 2.60. The number of rotatable bonds is 6. The third kappa shape index (κ3) is 4.59. The Morgan fingerprint density at radius 3 is 2.38 bits per heavy atom. The maximum Gasteiger partial charge on any atom is 0.338 e. The highest BCUT2D eigenvalue weighted by molar-refractivity contribution is 5.92. The summed E-state index contributed by atoms with van der Waals surface area (Å²) >= 11 is 0. The largest absolute Gasteiger partial charge is 0.497 e. The van der Waals surface area contributed by atoms with Gasteiger partial charge in [-0.2, -0.15) is 0 Å². The lowest BCUT2D eigenvalue weighted by atomic mass is 10.1. The van der Waals surface area contributed by atoms with Gasteiger partial charge in [-0.25, -0.2) is 4.79 Å². The second-order valence-corrected chi connectivity index (χ2v) is 5.45. The van der Waals surface area contributed by atoms with E-state index in [2.05, 4.69) is 5.32 Å². The molecule has 0 bridgehead atoms. The summed E-state index contributed by atoms with van der Waals surface area (Å²) in [5.74, 6) is -0.0926. The van der Waals surface area contributed by atoms with Gasteiger partial charge >= 0.3 is 5.97 Å². The first kappa shape index (κ1) is 17.5. The third-order valence-corrected chi connectivity index (χ3v) is 3.69. The van der Waals surface area contributed by atoms with E-state index >= 15 is 0 Å². The SMILES string of the molecule is COc1ccc([C@@H](C)NC(=O)COC(=O)c2ccccc2C)cc1. The number of amides is 1. The van der Waals surface area contributed by atoms with Crippen molar-refractivity contribution in [3.05, 3.63) is 65.2 Å². The van der Waals surface area contributed by atoms with Gasteiger partial charge in [-0.05, 0) is 43.2 Å². The van der Waals surface area contributed by atoms with Crippen LogP contribution in [0.15, 0.2) is 48.5 Å². The summed E-state index contributed by atoms with van der Waals surface area (Å²) in [5.41, 5.74) is 2.22. The molecule has 0 saturated heterocycles. The molecule has 2 aromatic rings. The number of hydrogen-bond donors (Lipinski definition) is 1. The zero-order valence-corrected chi connectivity index (χ0v) is 14.0. The number of esters is 1. The zero-order valence-electron chi connectivity index (χ0n) is 14.0. The standard InChI is InChI=1S/C19H21NO4/c1-13-6-4-5-7-17(13)19(22)24-12-18(21)20-14(2)15-8-10-16(23-3)11-9-15/h4-11,14H,12H2,1-3H3,(H,20,21)/t14-/m1/s1. The van der Waals surface area contributed by atoms with Gasteiger partial charge in [0.05, 0.1) is 18.7 Å². The average molecular weight is 327 g/mol. The Morgan fingerprint density at radius 1 is 1.08 bits per heavy atom. The van der Waals surface area contributed by atoms with Crippen molar-refractivity contribution in [2.24, 2.45) is 0 Å². The summed E-state index contributed by atoms with van der Waals surface area (Å²) in [6, 6.07) is 14.3. The molecule has 2 aromatic carbocycles. The smallest absolute Gasteiger partial charge is 0.338 e. The predicted molar refractivity (Wildman–Crippen MR) is 91.0 cm³/mol. The first-order valence-corrected chi connectivity index (χ1v) is 7.67. The van der Waals surface area contributed by atoms with E-state index < -0.39 is 5.97 Å². The van der Waals surface area contributed by atoms with E-state index in [-0.39, 0.29) is 18.6 Å². The molecule has 1 amide bonds. The van der Waals surface area contributed by atoms with E-state index in [1.807, 2.05) is 50.2 Å². The first-order chi connectivity index (χ1) is 11.5. The Kier molecular flexibility index (Phi) is 5.95. The molecule has 5 heteroatoms. The van der Waals surface area contributed by atoms with Gasteiger partial charge in [-0.3, -0.25) is 4.79 Å². The minimum Gasteiger partial charge on any atom is -0.497 e. The normalized spacial score (nSPS) is 11.5. The van der Waals surface area contributed by atoms with Crippen LogP contribution in [0.1, 0.15) is 34.5 Å². The lowest BCUT2D eigenvalue weighted by Crippen LogP contribution is -2.31. The summed E-state index contributed by atoms with van der Waals surface area (Å²) in [5, 5.41) is 2.80. The summed E-state index contributed by atoms with van der Waals surface area (Å²) in [6.07, 6.45) is 0. The number of hydrogen-bond acceptors (Lipinski definition) is 4. The molecule has 0 spiro atoms. The number of carbonyl (C=O) groups is 2. The fourth-order valence-corrected chi connectivity index (χ4v) is 2.27. The highest BCUT2D eigenvalue weighted by atomic mass is 16.5. The molecule has 0 aliphatic carbocycles. The van der Waals surface area contributed by atoms with Crippen molar-refractivity contribution >= 4 is 11.9 Å². The highest BCUT2D eigenvalue weighted by Crippen LogP contribution is 2.17. The van der Waals surface area contributed by atoms with Crippen LogP contribution in [0.5, 0.6) is 5.75 Å². The van der Waals surface area contributed by atoms with Crippen LogP contribution in [0.25, 0.3) is 0 Å². The summed E-state index contributed by atoms with van der Waals surface area (Å²) < 4.78 is 10.2. The van der Waals surface area contributed by atoms with Crippen molar-refractivity contribution in [2.45, 2.75) is 19.9 Å². The van der Waals surface area contributed by atoms with Gasteiger partial charge in [-0.15, -0.1) is 0 Å². The maximum atomic E-state index is 12.0. The Bertz CT molecular complexity index is 710. The van der Waals surface area contributed by atoms with Crippen LogP contribution < -0.4 is 10.1 Å². The van der Waals surface area contributed by atoms with Crippen LogP contribution >= 0.6 is 0 Å². The molecule has 0 radical (unpaired) electrons. The molecule has 1 N–H and O–H groups in total. The number of nitrogens with one attached hydrogen (secondary N) is 1. The fraction of sp³-hybridized carbons (Fsp3) is 0.263. The molecule has 0 aromatic heterocycles. The molecule has 126 valence electrons. The molecule has 24 heavy (non-hydrogen) atoms. The van der Waals surface area contributed by atoms with Gasteiger partial charge in [0.2, 0.25) is 0 Å². The molecular weight excluding hydrogens is 306 g/mol. The molecule has 0 aliphatic heterocycles. The summed E-state index contributed by atoms with van der Waals surface area (Å²) in [4.78, 5) is 23.9. The Labute approximate surface area is 141 Å². The molecule has 0 aliphatic rings. The molecule has 5 nitrogen and oxygen atoms in total. The van der Waals surface area contributed by atoms with E-state index in [1.54, 1.807) is 19.2 Å². The van der Waals surface area contributed by atoms with Gasteiger partial charge < -0.3 is 14.8 Å². The topological polar surface area (TPSA) is 64.6 Å². The van der Waals surface area contributed by atoms with Crippen LogP contribution in [0.3, 0.4) is 0 Å². The summed E-state index contributed by atoms with van der Waals surface area (Å²) in [6.45, 7) is 3.37. The second-order valence-electron chi connectivity index (χ2n) is 5.45. The van der Waals surface area contributed by atoms with Crippen LogP contribution in [-0.2, 0) is 9.53 Å². The van der Waals surface area contributed by atoms with Gasteiger partial charge in [0, 0.05) is 0 Å². The molecule has 0 heterocycles. The fourth-order valence-electron chi connectivity index (χ4n) is 2.27. The van der Waals surface area contributed by atoms with Crippen molar-refractivity contribution in [1.82, 2.24) is 5.32 Å². The highest BCUT2D eigenvalue weighted by Gasteiger charge is 2.14. The van der Waals surface area contributed by atoms with Crippen LogP contribution in [0.2, 0.25) is 0 Å².